The lowest BCUT2D eigenvalue weighted by Gasteiger charge is -2.36. The van der Waals surface area contributed by atoms with Crippen molar-refractivity contribution in [3.8, 4) is 11.4 Å². The van der Waals surface area contributed by atoms with Crippen molar-refractivity contribution in [1.82, 2.24) is 29.8 Å². The largest absolute Gasteiger partial charge is 0.390 e. The average molecular weight is 563 g/mol. The molecule has 1 aliphatic heterocycles. The van der Waals surface area contributed by atoms with Crippen molar-refractivity contribution in [1.29, 1.82) is 0 Å². The Morgan fingerprint density at radius 1 is 0.976 bits per heavy atom. The minimum atomic E-state index is -4.14. The molecule has 1 aliphatic rings. The summed E-state index contributed by atoms with van der Waals surface area (Å²) in [5.74, 6) is 1.01. The SMILES string of the molecule is CC(Nc1c(-c2nc3ccc(N4CCN(CCC(F)(F)F)CC4)cc3[nH]2)c(=O)[nH]c2ccccc12)c1ncccn1. The number of rotatable bonds is 7. The van der Waals surface area contributed by atoms with Gasteiger partial charge >= 0.3 is 6.18 Å². The number of hydrogen-bond acceptors (Lipinski definition) is 7. The second-order valence-electron chi connectivity index (χ2n) is 10.2. The van der Waals surface area contributed by atoms with Gasteiger partial charge in [0.05, 0.1) is 34.7 Å². The van der Waals surface area contributed by atoms with Crippen LogP contribution in [-0.2, 0) is 0 Å². The minimum Gasteiger partial charge on any atom is -0.374 e. The number of nitrogens with one attached hydrogen (secondary N) is 3. The van der Waals surface area contributed by atoms with Crippen LogP contribution in [0, 0.1) is 0 Å². The summed E-state index contributed by atoms with van der Waals surface area (Å²) in [6.45, 7) is 4.33. The Balaban J connectivity index is 1.31. The van der Waals surface area contributed by atoms with Crippen molar-refractivity contribution in [3.05, 3.63) is 77.1 Å². The molecule has 6 rings (SSSR count). The second kappa shape index (κ2) is 10.8. The molecule has 4 heterocycles. The van der Waals surface area contributed by atoms with Crippen LogP contribution in [0.3, 0.4) is 0 Å². The number of piperazine rings is 1. The van der Waals surface area contributed by atoms with Gasteiger partial charge in [-0.2, -0.15) is 13.2 Å². The Bertz CT molecular complexity index is 1730. The van der Waals surface area contributed by atoms with E-state index in [2.05, 4.69) is 30.2 Å². The number of para-hydroxylation sites is 1. The van der Waals surface area contributed by atoms with Gasteiger partial charge in [0.15, 0.2) is 0 Å². The van der Waals surface area contributed by atoms with Crippen LogP contribution < -0.4 is 15.8 Å². The molecule has 0 aliphatic carbocycles. The molecule has 0 radical (unpaired) electrons. The van der Waals surface area contributed by atoms with Gasteiger partial charge in [0.1, 0.15) is 17.2 Å². The number of hydrogen-bond donors (Lipinski definition) is 3. The fraction of sp³-hybridized carbons (Fsp3) is 0.310. The fourth-order valence-electron chi connectivity index (χ4n) is 5.26. The summed E-state index contributed by atoms with van der Waals surface area (Å²) in [7, 11) is 0. The van der Waals surface area contributed by atoms with Crippen LogP contribution in [0.1, 0.15) is 25.2 Å². The summed E-state index contributed by atoms with van der Waals surface area (Å²) in [4.78, 5) is 37.2. The van der Waals surface area contributed by atoms with Gasteiger partial charge in [0.25, 0.3) is 5.56 Å². The average Bonchev–Trinajstić information content (AvgIpc) is 3.39. The van der Waals surface area contributed by atoms with Gasteiger partial charge in [-0.1, -0.05) is 18.2 Å². The monoisotopic (exact) mass is 562 g/mol. The number of pyridine rings is 1. The lowest BCUT2D eigenvalue weighted by molar-refractivity contribution is -0.138. The summed E-state index contributed by atoms with van der Waals surface area (Å²) in [6, 6.07) is 14.8. The third-order valence-electron chi connectivity index (χ3n) is 7.41. The fourth-order valence-corrected chi connectivity index (χ4v) is 5.26. The molecule has 5 aromatic rings. The van der Waals surface area contributed by atoms with Gasteiger partial charge in [0.2, 0.25) is 0 Å². The van der Waals surface area contributed by atoms with E-state index in [0.717, 1.165) is 16.6 Å². The number of anilines is 2. The molecule has 41 heavy (non-hydrogen) atoms. The molecule has 1 saturated heterocycles. The van der Waals surface area contributed by atoms with Crippen molar-refractivity contribution in [2.45, 2.75) is 25.6 Å². The van der Waals surface area contributed by atoms with Crippen LogP contribution in [0.4, 0.5) is 24.5 Å². The number of benzene rings is 2. The molecule has 3 aromatic heterocycles. The number of H-pyrrole nitrogens is 2. The molecule has 0 bridgehead atoms. The van der Waals surface area contributed by atoms with E-state index in [9.17, 15) is 18.0 Å². The Morgan fingerprint density at radius 2 is 1.73 bits per heavy atom. The Labute approximate surface area is 233 Å². The van der Waals surface area contributed by atoms with Crippen molar-refractivity contribution in [2.75, 3.05) is 42.9 Å². The smallest absolute Gasteiger partial charge is 0.374 e. The van der Waals surface area contributed by atoms with E-state index < -0.39 is 12.6 Å². The van der Waals surface area contributed by atoms with E-state index >= 15 is 0 Å². The molecule has 0 spiro atoms. The van der Waals surface area contributed by atoms with E-state index in [1.807, 2.05) is 54.3 Å². The summed E-state index contributed by atoms with van der Waals surface area (Å²) >= 11 is 0. The van der Waals surface area contributed by atoms with Crippen LogP contribution in [0.25, 0.3) is 33.3 Å². The van der Waals surface area contributed by atoms with E-state index in [1.165, 1.54) is 0 Å². The van der Waals surface area contributed by atoms with Crippen LogP contribution in [0.2, 0.25) is 0 Å². The molecule has 1 fully saturated rings. The van der Waals surface area contributed by atoms with Gasteiger partial charge in [-0.3, -0.25) is 9.69 Å². The first kappa shape index (κ1) is 26.8. The molecule has 0 amide bonds. The third kappa shape index (κ3) is 5.73. The van der Waals surface area contributed by atoms with E-state index in [1.54, 1.807) is 18.5 Å². The zero-order valence-corrected chi connectivity index (χ0v) is 22.4. The van der Waals surface area contributed by atoms with Crippen molar-refractivity contribution < 1.29 is 13.2 Å². The molecule has 9 nitrogen and oxygen atoms in total. The highest BCUT2D eigenvalue weighted by Crippen LogP contribution is 2.33. The number of halogens is 3. The Morgan fingerprint density at radius 3 is 2.49 bits per heavy atom. The predicted molar refractivity (Wildman–Crippen MR) is 153 cm³/mol. The number of nitrogens with zero attached hydrogens (tertiary/aromatic N) is 5. The van der Waals surface area contributed by atoms with Gasteiger partial charge in [0, 0.05) is 56.2 Å². The molecule has 12 heteroatoms. The molecule has 2 aromatic carbocycles. The number of alkyl halides is 3. The summed E-state index contributed by atoms with van der Waals surface area (Å²) < 4.78 is 37.8. The van der Waals surface area contributed by atoms with Crippen molar-refractivity contribution in [2.24, 2.45) is 0 Å². The molecular weight excluding hydrogens is 533 g/mol. The zero-order valence-electron chi connectivity index (χ0n) is 22.4. The normalized spacial score (nSPS) is 15.5. The molecular formula is C29H29F3N8O. The van der Waals surface area contributed by atoms with E-state index in [4.69, 9.17) is 4.98 Å². The van der Waals surface area contributed by atoms with Crippen molar-refractivity contribution >= 4 is 33.3 Å². The maximum absolute atomic E-state index is 13.4. The Kier molecular flexibility index (Phi) is 7.08. The van der Waals surface area contributed by atoms with Crippen molar-refractivity contribution in [3.63, 3.8) is 0 Å². The topological polar surface area (TPSA) is 106 Å². The lowest BCUT2D eigenvalue weighted by Crippen LogP contribution is -2.47. The predicted octanol–water partition coefficient (Wildman–Crippen LogP) is 5.11. The van der Waals surface area contributed by atoms with Gasteiger partial charge in [-0.05, 0) is 37.3 Å². The molecule has 1 unspecified atom stereocenters. The number of fused-ring (bicyclic) bond motifs is 2. The molecule has 212 valence electrons. The molecule has 3 N–H and O–H groups in total. The Hall–Kier alpha value is -4.45. The lowest BCUT2D eigenvalue weighted by atomic mass is 10.1. The highest BCUT2D eigenvalue weighted by atomic mass is 19.4. The number of aromatic amines is 2. The summed E-state index contributed by atoms with van der Waals surface area (Å²) in [6.07, 6.45) is -1.58. The molecule has 0 saturated carbocycles. The third-order valence-corrected chi connectivity index (χ3v) is 7.41. The van der Waals surface area contributed by atoms with Crippen LogP contribution in [0.5, 0.6) is 0 Å². The maximum Gasteiger partial charge on any atom is 0.390 e. The van der Waals surface area contributed by atoms with Gasteiger partial charge < -0.3 is 20.2 Å². The summed E-state index contributed by atoms with van der Waals surface area (Å²) in [5, 5.41) is 4.28. The van der Waals surface area contributed by atoms with Gasteiger partial charge in [-0.25, -0.2) is 15.0 Å². The minimum absolute atomic E-state index is 0.0198. The van der Waals surface area contributed by atoms with E-state index in [0.29, 0.717) is 60.1 Å². The second-order valence-corrected chi connectivity index (χ2v) is 10.2. The van der Waals surface area contributed by atoms with Crippen LogP contribution in [0.15, 0.2) is 65.7 Å². The zero-order chi connectivity index (χ0) is 28.6. The first-order valence-electron chi connectivity index (χ1n) is 13.5. The molecule has 1 atom stereocenters. The highest BCUT2D eigenvalue weighted by molar-refractivity contribution is 5.99. The number of aromatic nitrogens is 5. The number of imidazole rings is 1. The maximum atomic E-state index is 13.4. The quantitative estimate of drug-likeness (QED) is 0.253. The highest BCUT2D eigenvalue weighted by Gasteiger charge is 2.29. The van der Waals surface area contributed by atoms with Crippen LogP contribution in [-0.4, -0.2) is 68.7 Å². The first-order chi connectivity index (χ1) is 19.7. The van der Waals surface area contributed by atoms with Gasteiger partial charge in [-0.15, -0.1) is 0 Å². The standard InChI is InChI=1S/C29H29F3N8O/c1-18(26-33-10-4-11-34-26)35-25-20-5-2-3-6-21(20)38-28(41)24(25)27-36-22-8-7-19(17-23(22)37-27)40-15-13-39(14-16-40)12-9-29(30,31)32/h2-8,10-11,17-18H,9,12-16H2,1H3,(H,36,37)(H2,35,38,41). The van der Waals surface area contributed by atoms with E-state index in [-0.39, 0.29) is 18.1 Å². The first-order valence-corrected chi connectivity index (χ1v) is 13.5. The summed E-state index contributed by atoms with van der Waals surface area (Å²) in [5.41, 5.74) is 3.81. The van der Waals surface area contributed by atoms with Crippen LogP contribution >= 0.6 is 0 Å².